The SMILES string of the molecule is COc1c([N+](=O)[O-])cc(N2CCC(=O)NC2=O)cc1C(C)(C)C. The van der Waals surface area contributed by atoms with Crippen molar-refractivity contribution < 1.29 is 19.2 Å². The summed E-state index contributed by atoms with van der Waals surface area (Å²) in [6.07, 6.45) is 0.149. The van der Waals surface area contributed by atoms with Crippen LogP contribution < -0.4 is 15.0 Å². The quantitative estimate of drug-likeness (QED) is 0.680. The van der Waals surface area contributed by atoms with Crippen molar-refractivity contribution in [2.24, 2.45) is 0 Å². The number of urea groups is 1. The maximum Gasteiger partial charge on any atom is 0.328 e. The molecule has 0 unspecified atom stereocenters. The van der Waals surface area contributed by atoms with Crippen LogP contribution in [0.4, 0.5) is 16.2 Å². The predicted octanol–water partition coefficient (Wildman–Crippen LogP) is 2.35. The highest BCUT2D eigenvalue weighted by atomic mass is 16.6. The number of nitrogens with one attached hydrogen (secondary N) is 1. The second-order valence-corrected chi connectivity index (χ2v) is 6.31. The molecule has 1 heterocycles. The van der Waals surface area contributed by atoms with Crippen LogP contribution >= 0.6 is 0 Å². The number of methoxy groups -OCH3 is 1. The molecule has 23 heavy (non-hydrogen) atoms. The topological polar surface area (TPSA) is 102 Å². The minimum atomic E-state index is -0.583. The van der Waals surface area contributed by atoms with Crippen molar-refractivity contribution in [1.29, 1.82) is 0 Å². The number of nitro groups is 1. The maximum atomic E-state index is 12.0. The Balaban J connectivity index is 2.61. The van der Waals surface area contributed by atoms with E-state index in [0.717, 1.165) is 0 Å². The van der Waals surface area contributed by atoms with E-state index in [4.69, 9.17) is 4.74 Å². The minimum Gasteiger partial charge on any atom is -0.490 e. The Morgan fingerprint density at radius 2 is 1.96 bits per heavy atom. The van der Waals surface area contributed by atoms with Crippen molar-refractivity contribution in [1.82, 2.24) is 5.32 Å². The molecular formula is C15H19N3O5. The van der Waals surface area contributed by atoms with Gasteiger partial charge in [0, 0.05) is 24.6 Å². The van der Waals surface area contributed by atoms with Crippen LogP contribution in [0.5, 0.6) is 5.75 Å². The van der Waals surface area contributed by atoms with Crippen LogP contribution in [-0.2, 0) is 10.2 Å². The number of imide groups is 1. The third-order valence-corrected chi connectivity index (χ3v) is 3.63. The van der Waals surface area contributed by atoms with Gasteiger partial charge in [0.1, 0.15) is 0 Å². The number of anilines is 1. The summed E-state index contributed by atoms with van der Waals surface area (Å²) in [4.78, 5) is 35.4. The van der Waals surface area contributed by atoms with Crippen LogP contribution in [0.1, 0.15) is 32.8 Å². The molecule has 1 N–H and O–H groups in total. The molecule has 0 spiro atoms. The number of nitrogens with zero attached hydrogens (tertiary/aromatic N) is 2. The molecule has 0 aromatic heterocycles. The minimum absolute atomic E-state index is 0.149. The summed E-state index contributed by atoms with van der Waals surface area (Å²) in [5, 5.41) is 13.6. The number of rotatable bonds is 3. The molecule has 0 atom stereocenters. The zero-order valence-corrected chi connectivity index (χ0v) is 13.5. The number of ether oxygens (including phenoxy) is 1. The third kappa shape index (κ3) is 3.25. The lowest BCUT2D eigenvalue weighted by Gasteiger charge is -2.29. The van der Waals surface area contributed by atoms with Crippen molar-refractivity contribution in [3.63, 3.8) is 0 Å². The summed E-state index contributed by atoms with van der Waals surface area (Å²) in [6.45, 7) is 5.88. The lowest BCUT2D eigenvalue weighted by molar-refractivity contribution is -0.385. The Morgan fingerprint density at radius 3 is 2.43 bits per heavy atom. The summed E-state index contributed by atoms with van der Waals surface area (Å²) in [6, 6.07) is 2.41. The molecule has 0 saturated carbocycles. The second kappa shape index (κ2) is 5.86. The summed E-state index contributed by atoms with van der Waals surface area (Å²) in [5.41, 5.74) is 0.356. The number of hydrogen-bond donors (Lipinski definition) is 1. The van der Waals surface area contributed by atoms with Gasteiger partial charge in [-0.25, -0.2) is 4.79 Å². The number of nitro benzene ring substituents is 1. The van der Waals surface area contributed by atoms with Crippen LogP contribution in [0.2, 0.25) is 0 Å². The summed E-state index contributed by atoms with van der Waals surface area (Å²) in [5.74, 6) is -0.176. The molecule has 8 heteroatoms. The molecule has 2 rings (SSSR count). The molecular weight excluding hydrogens is 302 g/mol. The number of benzene rings is 1. The molecule has 1 aromatic carbocycles. The molecule has 1 aromatic rings. The fraction of sp³-hybridized carbons (Fsp3) is 0.467. The van der Waals surface area contributed by atoms with E-state index in [-0.39, 0.29) is 30.3 Å². The predicted molar refractivity (Wildman–Crippen MR) is 83.9 cm³/mol. The van der Waals surface area contributed by atoms with E-state index in [2.05, 4.69) is 5.32 Å². The van der Waals surface area contributed by atoms with Gasteiger partial charge in [0.2, 0.25) is 11.7 Å². The largest absolute Gasteiger partial charge is 0.490 e. The zero-order valence-electron chi connectivity index (χ0n) is 13.5. The van der Waals surface area contributed by atoms with Gasteiger partial charge in [-0.05, 0) is 11.5 Å². The summed E-state index contributed by atoms with van der Waals surface area (Å²) >= 11 is 0. The third-order valence-electron chi connectivity index (χ3n) is 3.63. The molecule has 124 valence electrons. The first-order valence-corrected chi connectivity index (χ1v) is 7.13. The van der Waals surface area contributed by atoms with Gasteiger partial charge in [0.05, 0.1) is 17.7 Å². The van der Waals surface area contributed by atoms with Gasteiger partial charge in [-0.3, -0.25) is 25.1 Å². The lowest BCUT2D eigenvalue weighted by atomic mass is 9.85. The van der Waals surface area contributed by atoms with Gasteiger partial charge in [-0.1, -0.05) is 20.8 Å². The Kier molecular flexibility index (Phi) is 4.26. The lowest BCUT2D eigenvalue weighted by Crippen LogP contribution is -2.49. The highest BCUT2D eigenvalue weighted by molar-refractivity contribution is 6.05. The molecule has 1 saturated heterocycles. The Bertz CT molecular complexity index is 678. The highest BCUT2D eigenvalue weighted by Crippen LogP contribution is 2.41. The van der Waals surface area contributed by atoms with Gasteiger partial charge in [-0.2, -0.15) is 0 Å². The molecule has 8 nitrogen and oxygen atoms in total. The molecule has 0 aliphatic carbocycles. The Hall–Kier alpha value is -2.64. The number of carbonyl (C=O) groups excluding carboxylic acids is 2. The highest BCUT2D eigenvalue weighted by Gasteiger charge is 2.31. The van der Waals surface area contributed by atoms with Crippen molar-refractivity contribution >= 4 is 23.3 Å². The van der Waals surface area contributed by atoms with E-state index < -0.39 is 16.4 Å². The van der Waals surface area contributed by atoms with Crippen LogP contribution in [-0.4, -0.2) is 30.5 Å². The average molecular weight is 321 g/mol. The smallest absolute Gasteiger partial charge is 0.328 e. The molecule has 1 fully saturated rings. The van der Waals surface area contributed by atoms with Crippen LogP contribution in [0.25, 0.3) is 0 Å². The first-order valence-electron chi connectivity index (χ1n) is 7.13. The monoisotopic (exact) mass is 321 g/mol. The van der Waals surface area contributed by atoms with Crippen molar-refractivity contribution in [3.8, 4) is 5.75 Å². The van der Waals surface area contributed by atoms with Crippen LogP contribution in [0, 0.1) is 10.1 Å². The summed E-state index contributed by atoms with van der Waals surface area (Å²) in [7, 11) is 1.38. The van der Waals surface area contributed by atoms with E-state index in [0.29, 0.717) is 11.3 Å². The van der Waals surface area contributed by atoms with Crippen molar-refractivity contribution in [2.45, 2.75) is 32.6 Å². The Labute approximate surface area is 133 Å². The Morgan fingerprint density at radius 1 is 1.30 bits per heavy atom. The van der Waals surface area contributed by atoms with Gasteiger partial charge in [0.15, 0.2) is 0 Å². The normalized spacial score (nSPS) is 15.4. The standard InChI is InChI=1S/C15H19N3O5/c1-15(2,3)10-7-9(8-11(18(21)22)13(10)23-4)17-6-5-12(19)16-14(17)20/h7-8H,5-6H2,1-4H3,(H,16,19,20). The van der Waals surface area contributed by atoms with Gasteiger partial charge in [0.25, 0.3) is 0 Å². The fourth-order valence-electron chi connectivity index (χ4n) is 2.47. The zero-order chi connectivity index (χ0) is 17.4. The van der Waals surface area contributed by atoms with E-state index in [9.17, 15) is 19.7 Å². The van der Waals surface area contributed by atoms with E-state index in [1.165, 1.54) is 18.1 Å². The fourth-order valence-corrected chi connectivity index (χ4v) is 2.47. The van der Waals surface area contributed by atoms with Crippen LogP contribution in [0.15, 0.2) is 12.1 Å². The van der Waals surface area contributed by atoms with E-state index >= 15 is 0 Å². The summed E-state index contributed by atoms with van der Waals surface area (Å²) < 4.78 is 5.24. The van der Waals surface area contributed by atoms with Gasteiger partial charge >= 0.3 is 11.7 Å². The molecule has 1 aliphatic rings. The van der Waals surface area contributed by atoms with E-state index in [1.807, 2.05) is 20.8 Å². The van der Waals surface area contributed by atoms with Crippen molar-refractivity contribution in [3.05, 3.63) is 27.8 Å². The number of amides is 3. The first kappa shape index (κ1) is 16.7. The maximum absolute atomic E-state index is 12.0. The molecule has 0 radical (unpaired) electrons. The number of carbonyl (C=O) groups is 2. The molecule has 3 amide bonds. The number of hydrogen-bond acceptors (Lipinski definition) is 5. The molecule has 1 aliphatic heterocycles. The van der Waals surface area contributed by atoms with Crippen molar-refractivity contribution in [2.75, 3.05) is 18.6 Å². The van der Waals surface area contributed by atoms with Gasteiger partial charge in [-0.15, -0.1) is 0 Å². The average Bonchev–Trinajstić information content (AvgIpc) is 2.44. The van der Waals surface area contributed by atoms with Crippen LogP contribution in [0.3, 0.4) is 0 Å². The molecule has 0 bridgehead atoms. The first-order chi connectivity index (χ1) is 10.6. The van der Waals surface area contributed by atoms with E-state index in [1.54, 1.807) is 6.07 Å². The second-order valence-electron chi connectivity index (χ2n) is 6.31. The van der Waals surface area contributed by atoms with Gasteiger partial charge < -0.3 is 4.74 Å².